The van der Waals surface area contributed by atoms with Crippen molar-refractivity contribution in [1.82, 2.24) is 0 Å². The van der Waals surface area contributed by atoms with Crippen LogP contribution in [0, 0.1) is 6.07 Å². The van der Waals surface area contributed by atoms with E-state index >= 15 is 0 Å². The monoisotopic (exact) mass is 225 g/mol. The molecule has 0 unspecified atom stereocenters. The van der Waals surface area contributed by atoms with Crippen LogP contribution in [0.1, 0.15) is 19.4 Å². The van der Waals surface area contributed by atoms with E-state index in [0.29, 0.717) is 18.8 Å². The molecule has 0 amide bonds. The molecule has 0 aliphatic heterocycles. The number of rotatable bonds is 6. The second-order valence-electron chi connectivity index (χ2n) is 2.83. The van der Waals surface area contributed by atoms with Gasteiger partial charge in [-0.2, -0.15) is 0 Å². The van der Waals surface area contributed by atoms with E-state index in [1.807, 2.05) is 26.0 Å². The summed E-state index contributed by atoms with van der Waals surface area (Å²) in [5.74, 6) is 0. The van der Waals surface area contributed by atoms with Crippen LogP contribution in [0.25, 0.3) is 0 Å². The van der Waals surface area contributed by atoms with Crippen molar-refractivity contribution in [2.45, 2.75) is 19.4 Å². The van der Waals surface area contributed by atoms with Crippen LogP contribution in [0.3, 0.4) is 0 Å². The molecule has 0 N–H and O–H groups in total. The summed E-state index contributed by atoms with van der Waals surface area (Å²) in [4.78, 5) is 0. The van der Waals surface area contributed by atoms with Crippen molar-refractivity contribution in [3.05, 3.63) is 35.9 Å². The first-order valence-electron chi connectivity index (χ1n) is 4.88. The van der Waals surface area contributed by atoms with Gasteiger partial charge in [-0.25, -0.2) is 0 Å². The molecule has 0 heterocycles. The third-order valence-corrected chi connectivity index (χ3v) is 2.63. The molecule has 1 radical (unpaired) electrons. The number of benzene rings is 1. The minimum atomic E-state index is -1.18. The highest BCUT2D eigenvalue weighted by molar-refractivity contribution is 7.24. The third-order valence-electron chi connectivity index (χ3n) is 1.87. The fourth-order valence-corrected chi connectivity index (χ4v) is 1.90. The van der Waals surface area contributed by atoms with E-state index in [1.165, 1.54) is 0 Å². The smallest absolute Gasteiger partial charge is 0.278 e. The fraction of sp³-hybridized carbons (Fsp3) is 0.455. The van der Waals surface area contributed by atoms with Gasteiger partial charge >= 0.3 is 0 Å². The highest BCUT2D eigenvalue weighted by atomic mass is 31.1. The first kappa shape index (κ1) is 12.3. The van der Waals surface area contributed by atoms with Crippen molar-refractivity contribution < 1.29 is 14.0 Å². The van der Waals surface area contributed by atoms with Gasteiger partial charge in [0.25, 0.3) is 5.53 Å². The predicted octanol–water partition coefficient (Wildman–Crippen LogP) is 2.96. The van der Waals surface area contributed by atoms with Crippen LogP contribution < -0.4 is 0 Å². The number of hydrogen-bond acceptors (Lipinski definition) is 3. The lowest BCUT2D eigenvalue weighted by Crippen LogP contribution is -2.27. The topological polar surface area (TPSA) is 35.5 Å². The Kier molecular flexibility index (Phi) is 4.89. The summed E-state index contributed by atoms with van der Waals surface area (Å²) >= 11 is 0. The van der Waals surface area contributed by atoms with E-state index < -0.39 is 5.53 Å². The molecule has 0 aliphatic carbocycles. The van der Waals surface area contributed by atoms with Crippen LogP contribution >= 0.6 is 8.46 Å². The van der Waals surface area contributed by atoms with Crippen molar-refractivity contribution in [3.63, 3.8) is 0 Å². The van der Waals surface area contributed by atoms with Crippen LogP contribution in [0.5, 0.6) is 0 Å². The molecule has 0 spiro atoms. The van der Waals surface area contributed by atoms with Crippen LogP contribution in [0.4, 0.5) is 0 Å². The lowest BCUT2D eigenvalue weighted by molar-refractivity contribution is -0.176. The van der Waals surface area contributed by atoms with Gasteiger partial charge in [-0.3, -0.25) is 4.57 Å². The van der Waals surface area contributed by atoms with Crippen molar-refractivity contribution in [1.29, 1.82) is 0 Å². The Morgan fingerprint density at radius 2 is 2.07 bits per heavy atom. The Bertz CT molecular complexity index is 294. The lowest BCUT2D eigenvalue weighted by Gasteiger charge is -2.26. The van der Waals surface area contributed by atoms with Gasteiger partial charge < -0.3 is 9.47 Å². The van der Waals surface area contributed by atoms with Crippen LogP contribution in [0.15, 0.2) is 24.3 Å². The van der Waals surface area contributed by atoms with Gasteiger partial charge in [0.15, 0.2) is 0 Å². The van der Waals surface area contributed by atoms with Crippen molar-refractivity contribution in [2.75, 3.05) is 13.2 Å². The molecular formula is C11H14O3P. The van der Waals surface area contributed by atoms with Gasteiger partial charge in [-0.15, -0.1) is 0 Å². The molecule has 1 aromatic carbocycles. The molecule has 0 saturated heterocycles. The largest absolute Gasteiger partial charge is 0.337 e. The Balaban J connectivity index is 3.03. The van der Waals surface area contributed by atoms with Crippen LogP contribution in [-0.4, -0.2) is 13.2 Å². The van der Waals surface area contributed by atoms with E-state index in [4.69, 9.17) is 9.47 Å². The van der Waals surface area contributed by atoms with Crippen molar-refractivity contribution >= 4 is 8.46 Å². The second-order valence-corrected chi connectivity index (χ2v) is 3.60. The second kappa shape index (κ2) is 5.96. The first-order chi connectivity index (χ1) is 7.29. The van der Waals surface area contributed by atoms with Gasteiger partial charge in [0.1, 0.15) is 0 Å². The molecule has 15 heavy (non-hydrogen) atoms. The molecule has 0 bridgehead atoms. The molecule has 0 fully saturated rings. The van der Waals surface area contributed by atoms with Crippen molar-refractivity contribution in [3.8, 4) is 0 Å². The molecule has 1 rings (SSSR count). The average molecular weight is 225 g/mol. The first-order valence-corrected chi connectivity index (χ1v) is 5.69. The molecule has 81 valence electrons. The van der Waals surface area contributed by atoms with Crippen LogP contribution in [0.2, 0.25) is 0 Å². The molecule has 4 heteroatoms. The zero-order valence-electron chi connectivity index (χ0n) is 8.90. The maximum atomic E-state index is 11.2. The van der Waals surface area contributed by atoms with Gasteiger partial charge in [-0.05, 0) is 26.0 Å². The lowest BCUT2D eigenvalue weighted by atomic mass is 10.2. The highest BCUT2D eigenvalue weighted by Crippen LogP contribution is 2.37. The maximum Gasteiger partial charge on any atom is 0.278 e. The summed E-state index contributed by atoms with van der Waals surface area (Å²) in [6, 6.07) is 10.0. The Morgan fingerprint density at radius 1 is 1.40 bits per heavy atom. The van der Waals surface area contributed by atoms with Gasteiger partial charge in [-0.1, -0.05) is 18.2 Å². The molecule has 0 atom stereocenters. The predicted molar refractivity (Wildman–Crippen MR) is 57.8 cm³/mol. The SMILES string of the molecule is CCOC(OCC)(P=O)c1c[c]ccc1. The van der Waals surface area contributed by atoms with Gasteiger partial charge in [0.2, 0.25) is 8.46 Å². The Hall–Kier alpha value is -0.760. The minimum absolute atomic E-state index is 0.200. The quantitative estimate of drug-likeness (QED) is 0.551. The summed E-state index contributed by atoms with van der Waals surface area (Å²) in [7, 11) is -0.200. The minimum Gasteiger partial charge on any atom is -0.337 e. The Labute approximate surface area is 91.6 Å². The van der Waals surface area contributed by atoms with Crippen molar-refractivity contribution in [2.24, 2.45) is 0 Å². The van der Waals surface area contributed by atoms with E-state index in [-0.39, 0.29) is 8.46 Å². The van der Waals surface area contributed by atoms with Gasteiger partial charge in [0, 0.05) is 18.8 Å². The normalized spacial score (nSPS) is 11.9. The van der Waals surface area contributed by atoms with E-state index in [1.54, 1.807) is 12.1 Å². The van der Waals surface area contributed by atoms with E-state index in [0.717, 1.165) is 0 Å². The number of ether oxygens (including phenoxy) is 2. The summed E-state index contributed by atoms with van der Waals surface area (Å²) in [5, 5.41) is 0. The van der Waals surface area contributed by atoms with E-state index in [2.05, 4.69) is 6.07 Å². The third kappa shape index (κ3) is 2.85. The Morgan fingerprint density at radius 3 is 2.47 bits per heavy atom. The summed E-state index contributed by atoms with van der Waals surface area (Å²) in [5.41, 5.74) is -0.466. The average Bonchev–Trinajstić information content (AvgIpc) is 2.30. The molecule has 3 nitrogen and oxygen atoms in total. The van der Waals surface area contributed by atoms with Crippen LogP contribution in [-0.2, 0) is 19.6 Å². The zero-order chi connectivity index (χ0) is 11.1. The molecular weight excluding hydrogens is 211 g/mol. The summed E-state index contributed by atoms with van der Waals surface area (Å²) in [6.07, 6.45) is 0. The zero-order valence-corrected chi connectivity index (χ0v) is 9.79. The molecule has 0 aliphatic rings. The fourth-order valence-electron chi connectivity index (χ4n) is 1.29. The molecule has 0 saturated carbocycles. The standard InChI is InChI=1S/C11H14O3P/c1-3-13-11(15-12,14-4-2)10-8-6-5-7-9-10/h5-6,8-9H,3-4H2,1-2H3. The molecule has 1 aromatic rings. The molecule has 0 aromatic heterocycles. The van der Waals surface area contributed by atoms with Gasteiger partial charge in [0.05, 0.1) is 0 Å². The van der Waals surface area contributed by atoms with E-state index in [9.17, 15) is 4.57 Å². The number of hydrogen-bond donors (Lipinski definition) is 0. The summed E-state index contributed by atoms with van der Waals surface area (Å²) in [6.45, 7) is 4.55. The highest BCUT2D eigenvalue weighted by Gasteiger charge is 2.34. The summed E-state index contributed by atoms with van der Waals surface area (Å²) < 4.78 is 22.1. The maximum absolute atomic E-state index is 11.2.